The maximum absolute atomic E-state index is 3.52. The Balaban J connectivity index is 2.00. The number of nitrogens with one attached hydrogen (secondary N) is 4. The zero-order valence-electron chi connectivity index (χ0n) is 11.9. The van der Waals surface area contributed by atoms with Crippen LogP contribution < -0.4 is 21.3 Å². The highest BCUT2D eigenvalue weighted by atomic mass is 14.9. The molecule has 1 aliphatic heterocycles. The van der Waals surface area contributed by atoms with E-state index in [2.05, 4.69) is 21.3 Å². The fourth-order valence-electron chi connectivity index (χ4n) is 2.19. The Hall–Kier alpha value is -0.160. The minimum absolute atomic E-state index is 1.14. The monoisotopic (exact) mass is 256 g/mol. The molecule has 0 spiro atoms. The second kappa shape index (κ2) is 13.3. The minimum atomic E-state index is 1.14. The largest absolute Gasteiger partial charge is 0.317 e. The van der Waals surface area contributed by atoms with Crippen molar-refractivity contribution in [3.63, 3.8) is 0 Å². The van der Waals surface area contributed by atoms with E-state index in [1.54, 1.807) is 0 Å². The number of hydrogen-bond acceptors (Lipinski definition) is 4. The molecule has 0 aromatic carbocycles. The normalized spacial score (nSPS) is 24.0. The summed E-state index contributed by atoms with van der Waals surface area (Å²) < 4.78 is 0. The van der Waals surface area contributed by atoms with Gasteiger partial charge in [-0.3, -0.25) is 0 Å². The topological polar surface area (TPSA) is 48.1 Å². The maximum atomic E-state index is 3.52. The minimum Gasteiger partial charge on any atom is -0.317 e. The first-order valence-corrected chi connectivity index (χ1v) is 7.83. The Kier molecular flexibility index (Phi) is 11.7. The first kappa shape index (κ1) is 15.9. The first-order valence-electron chi connectivity index (χ1n) is 7.83. The van der Waals surface area contributed by atoms with Gasteiger partial charge in [-0.1, -0.05) is 6.42 Å². The summed E-state index contributed by atoms with van der Waals surface area (Å²) in [4.78, 5) is 0. The van der Waals surface area contributed by atoms with E-state index in [9.17, 15) is 0 Å². The van der Waals surface area contributed by atoms with Crippen molar-refractivity contribution in [1.82, 2.24) is 21.3 Å². The van der Waals surface area contributed by atoms with Crippen LogP contribution in [0.15, 0.2) is 0 Å². The van der Waals surface area contributed by atoms with Crippen LogP contribution in [0.3, 0.4) is 0 Å². The van der Waals surface area contributed by atoms with E-state index in [0.29, 0.717) is 0 Å². The molecule has 1 aliphatic rings. The van der Waals surface area contributed by atoms with E-state index in [0.717, 1.165) is 39.3 Å². The Labute approximate surface area is 113 Å². The van der Waals surface area contributed by atoms with Crippen LogP contribution in [0.5, 0.6) is 0 Å². The van der Waals surface area contributed by atoms with E-state index in [1.165, 1.54) is 51.6 Å². The summed E-state index contributed by atoms with van der Waals surface area (Å²) in [5.74, 6) is 0. The molecule has 0 saturated carbocycles. The summed E-state index contributed by atoms with van der Waals surface area (Å²) in [5.41, 5.74) is 0. The molecule has 1 fully saturated rings. The van der Waals surface area contributed by atoms with Crippen LogP contribution in [-0.2, 0) is 0 Å². The highest BCUT2D eigenvalue weighted by molar-refractivity contribution is 4.57. The van der Waals surface area contributed by atoms with Gasteiger partial charge >= 0.3 is 0 Å². The molecule has 18 heavy (non-hydrogen) atoms. The predicted molar refractivity (Wildman–Crippen MR) is 79.2 cm³/mol. The molecule has 4 nitrogen and oxygen atoms in total. The molecule has 1 saturated heterocycles. The van der Waals surface area contributed by atoms with Crippen molar-refractivity contribution in [2.24, 2.45) is 0 Å². The SMILES string of the molecule is C1CCNCCCNCCCNCCCNCC1. The van der Waals surface area contributed by atoms with Gasteiger partial charge in [-0.05, 0) is 84.5 Å². The molecule has 0 bridgehead atoms. The zero-order chi connectivity index (χ0) is 12.7. The maximum Gasteiger partial charge on any atom is -0.00368 e. The summed E-state index contributed by atoms with van der Waals surface area (Å²) in [5, 5.41) is 14.0. The Morgan fingerprint density at radius 3 is 0.889 bits per heavy atom. The van der Waals surface area contributed by atoms with Crippen LogP contribution in [0.1, 0.15) is 38.5 Å². The summed E-state index contributed by atoms with van der Waals surface area (Å²) in [6.07, 6.45) is 7.70. The van der Waals surface area contributed by atoms with Crippen molar-refractivity contribution in [3.05, 3.63) is 0 Å². The summed E-state index contributed by atoms with van der Waals surface area (Å²) in [7, 11) is 0. The van der Waals surface area contributed by atoms with Gasteiger partial charge in [0, 0.05) is 0 Å². The standard InChI is InChI=1S/C14H32N4/c1-2-7-15-9-4-11-17-13-6-14-18-12-5-10-16-8-3-1/h15-18H,1-14H2. The highest BCUT2D eigenvalue weighted by Gasteiger charge is 1.94. The van der Waals surface area contributed by atoms with E-state index in [-0.39, 0.29) is 0 Å². The highest BCUT2D eigenvalue weighted by Crippen LogP contribution is 1.92. The van der Waals surface area contributed by atoms with Gasteiger partial charge in [-0.25, -0.2) is 0 Å². The molecular formula is C14H32N4. The van der Waals surface area contributed by atoms with Gasteiger partial charge in [0.2, 0.25) is 0 Å². The molecule has 0 unspecified atom stereocenters. The summed E-state index contributed by atoms with van der Waals surface area (Å²) in [6, 6.07) is 0. The molecule has 0 radical (unpaired) electrons. The van der Waals surface area contributed by atoms with Gasteiger partial charge in [0.25, 0.3) is 0 Å². The summed E-state index contributed by atoms with van der Waals surface area (Å²) in [6.45, 7) is 9.27. The third kappa shape index (κ3) is 11.0. The van der Waals surface area contributed by atoms with Gasteiger partial charge in [0.05, 0.1) is 0 Å². The smallest absolute Gasteiger partial charge is 0.00368 e. The second-order valence-corrected chi connectivity index (χ2v) is 5.12. The molecule has 0 aromatic rings. The second-order valence-electron chi connectivity index (χ2n) is 5.12. The lowest BCUT2D eigenvalue weighted by Crippen LogP contribution is -2.27. The van der Waals surface area contributed by atoms with Crippen LogP contribution in [0.2, 0.25) is 0 Å². The molecule has 4 heteroatoms. The van der Waals surface area contributed by atoms with E-state index in [4.69, 9.17) is 0 Å². The number of rotatable bonds is 0. The number of hydrogen-bond donors (Lipinski definition) is 4. The van der Waals surface area contributed by atoms with Gasteiger partial charge < -0.3 is 21.3 Å². The van der Waals surface area contributed by atoms with Crippen molar-refractivity contribution in [2.45, 2.75) is 38.5 Å². The van der Waals surface area contributed by atoms with Crippen LogP contribution in [0, 0.1) is 0 Å². The molecule has 108 valence electrons. The van der Waals surface area contributed by atoms with E-state index in [1.807, 2.05) is 0 Å². The van der Waals surface area contributed by atoms with Gasteiger partial charge in [0.15, 0.2) is 0 Å². The third-order valence-electron chi connectivity index (χ3n) is 3.33. The Bertz CT molecular complexity index is 88.8. The molecule has 0 aliphatic carbocycles. The molecule has 0 amide bonds. The lowest BCUT2D eigenvalue weighted by atomic mass is 10.2. The Morgan fingerprint density at radius 1 is 0.278 bits per heavy atom. The molecule has 1 rings (SSSR count). The molecule has 0 atom stereocenters. The van der Waals surface area contributed by atoms with Crippen molar-refractivity contribution in [1.29, 1.82) is 0 Å². The Morgan fingerprint density at radius 2 is 0.556 bits per heavy atom. The fourth-order valence-corrected chi connectivity index (χ4v) is 2.19. The molecular weight excluding hydrogens is 224 g/mol. The molecule has 4 N–H and O–H groups in total. The van der Waals surface area contributed by atoms with Crippen molar-refractivity contribution >= 4 is 0 Å². The van der Waals surface area contributed by atoms with E-state index >= 15 is 0 Å². The van der Waals surface area contributed by atoms with Crippen molar-refractivity contribution in [2.75, 3.05) is 52.4 Å². The molecule has 0 aromatic heterocycles. The van der Waals surface area contributed by atoms with Crippen LogP contribution in [-0.4, -0.2) is 52.4 Å². The third-order valence-corrected chi connectivity index (χ3v) is 3.33. The van der Waals surface area contributed by atoms with E-state index < -0.39 is 0 Å². The molecule has 1 heterocycles. The predicted octanol–water partition coefficient (Wildman–Crippen LogP) is 0.699. The van der Waals surface area contributed by atoms with Gasteiger partial charge in [0.1, 0.15) is 0 Å². The van der Waals surface area contributed by atoms with Crippen LogP contribution in [0.25, 0.3) is 0 Å². The zero-order valence-corrected chi connectivity index (χ0v) is 11.9. The fraction of sp³-hybridized carbons (Fsp3) is 1.00. The van der Waals surface area contributed by atoms with Crippen LogP contribution in [0.4, 0.5) is 0 Å². The van der Waals surface area contributed by atoms with Gasteiger partial charge in [-0.2, -0.15) is 0 Å². The average Bonchev–Trinajstić information content (AvgIpc) is 2.39. The lowest BCUT2D eigenvalue weighted by molar-refractivity contribution is 0.525. The average molecular weight is 256 g/mol. The lowest BCUT2D eigenvalue weighted by Gasteiger charge is -2.09. The van der Waals surface area contributed by atoms with Crippen molar-refractivity contribution < 1.29 is 0 Å². The quantitative estimate of drug-likeness (QED) is 0.515. The van der Waals surface area contributed by atoms with Gasteiger partial charge in [-0.15, -0.1) is 0 Å². The van der Waals surface area contributed by atoms with Crippen molar-refractivity contribution in [3.8, 4) is 0 Å². The summed E-state index contributed by atoms with van der Waals surface area (Å²) >= 11 is 0. The van der Waals surface area contributed by atoms with Crippen LogP contribution >= 0.6 is 0 Å². The first-order chi connectivity index (χ1) is 9.00.